The van der Waals surface area contributed by atoms with Crippen molar-refractivity contribution in [2.75, 3.05) is 6.54 Å². The van der Waals surface area contributed by atoms with Gasteiger partial charge in [-0.3, -0.25) is 4.55 Å². The van der Waals surface area contributed by atoms with E-state index in [1.807, 2.05) is 18.2 Å². The maximum absolute atomic E-state index is 11.5. The van der Waals surface area contributed by atoms with E-state index in [-0.39, 0.29) is 10.3 Å². The Labute approximate surface area is 161 Å². The van der Waals surface area contributed by atoms with Crippen molar-refractivity contribution >= 4 is 21.5 Å². The topological polar surface area (TPSA) is 57.4 Å². The molecule has 0 unspecified atom stereocenters. The Hall–Kier alpha value is -2.24. The zero-order valence-electron chi connectivity index (χ0n) is 16.0. The molecule has 1 aliphatic heterocycles. The van der Waals surface area contributed by atoms with Crippen LogP contribution in [0.5, 0.6) is 0 Å². The number of allylic oxidation sites excluding steroid dienone is 8. The Bertz CT molecular complexity index is 1010. The van der Waals surface area contributed by atoms with E-state index < -0.39 is 10.1 Å². The van der Waals surface area contributed by atoms with Crippen LogP contribution in [0.15, 0.2) is 71.2 Å². The molecule has 0 bridgehead atoms. The van der Waals surface area contributed by atoms with Gasteiger partial charge in [-0.15, -0.1) is 0 Å². The van der Waals surface area contributed by atoms with Gasteiger partial charge in [0.05, 0.1) is 10.3 Å². The van der Waals surface area contributed by atoms with Crippen LogP contribution in [0.4, 0.5) is 5.69 Å². The molecule has 0 saturated heterocycles. The lowest BCUT2D eigenvalue weighted by molar-refractivity contribution is -0.439. The van der Waals surface area contributed by atoms with Gasteiger partial charge in [0.15, 0.2) is 5.71 Å². The number of nitrogens with zero attached hydrogens (tertiary/aromatic N) is 1. The summed E-state index contributed by atoms with van der Waals surface area (Å²) in [4.78, 5) is -0.0476. The van der Waals surface area contributed by atoms with E-state index >= 15 is 0 Å². The van der Waals surface area contributed by atoms with Crippen molar-refractivity contribution in [1.82, 2.24) is 0 Å². The summed E-state index contributed by atoms with van der Waals surface area (Å²) >= 11 is 0. The number of fused-ring (bicyclic) bond motifs is 1. The molecular formula is C22H26NO3S+. The first-order valence-corrected chi connectivity index (χ1v) is 10.6. The molecule has 2 aliphatic rings. The highest BCUT2D eigenvalue weighted by Crippen LogP contribution is 2.40. The second kappa shape index (κ2) is 7.41. The summed E-state index contributed by atoms with van der Waals surface area (Å²) < 4.78 is 34.7. The first kappa shape index (κ1) is 19.5. The summed E-state index contributed by atoms with van der Waals surface area (Å²) in [5.74, 6) is 0. The second-order valence-corrected chi connectivity index (χ2v) is 8.91. The van der Waals surface area contributed by atoms with Gasteiger partial charge < -0.3 is 0 Å². The number of hydrogen-bond donors (Lipinski definition) is 1. The smallest absolute Gasteiger partial charge is 0.282 e. The van der Waals surface area contributed by atoms with E-state index in [9.17, 15) is 13.0 Å². The molecule has 1 aromatic carbocycles. The highest BCUT2D eigenvalue weighted by atomic mass is 32.2. The van der Waals surface area contributed by atoms with Gasteiger partial charge in [0.1, 0.15) is 6.54 Å². The average molecular weight is 385 g/mol. The molecule has 0 aromatic heterocycles. The quantitative estimate of drug-likeness (QED) is 0.590. The first-order valence-electron chi connectivity index (χ1n) is 9.15. The Morgan fingerprint density at radius 2 is 1.78 bits per heavy atom. The van der Waals surface area contributed by atoms with Crippen molar-refractivity contribution in [2.24, 2.45) is 0 Å². The van der Waals surface area contributed by atoms with E-state index in [4.69, 9.17) is 0 Å². The van der Waals surface area contributed by atoms with Crippen molar-refractivity contribution < 1.29 is 17.5 Å². The second-order valence-electron chi connectivity index (χ2n) is 7.49. The molecule has 0 atom stereocenters. The fraction of sp³-hybridized carbons (Fsp3) is 0.318. The van der Waals surface area contributed by atoms with Gasteiger partial charge in [-0.05, 0) is 38.0 Å². The lowest BCUT2D eigenvalue weighted by atomic mass is 9.82. The molecule has 1 aliphatic carbocycles. The predicted molar refractivity (Wildman–Crippen MR) is 109 cm³/mol. The average Bonchev–Trinajstić information content (AvgIpc) is 2.76. The van der Waals surface area contributed by atoms with Crippen LogP contribution in [0.25, 0.3) is 0 Å². The summed E-state index contributed by atoms with van der Waals surface area (Å²) in [6, 6.07) is 4.89. The Morgan fingerprint density at radius 3 is 2.52 bits per heavy atom. The molecule has 0 radical (unpaired) electrons. The minimum absolute atomic E-state index is 0.0476. The molecule has 3 rings (SSSR count). The van der Waals surface area contributed by atoms with E-state index in [0.29, 0.717) is 0 Å². The Kier molecular flexibility index (Phi) is 5.36. The molecule has 1 N–H and O–H groups in total. The number of hydrogen-bond acceptors (Lipinski definition) is 2. The Morgan fingerprint density at radius 1 is 1.07 bits per heavy atom. The maximum atomic E-state index is 11.5. The van der Waals surface area contributed by atoms with E-state index in [2.05, 4.69) is 49.7 Å². The third kappa shape index (κ3) is 4.04. The number of rotatable bonds is 5. The first-order chi connectivity index (χ1) is 12.7. The molecule has 1 aromatic rings. The minimum Gasteiger partial charge on any atom is -0.282 e. The van der Waals surface area contributed by atoms with Gasteiger partial charge in [0, 0.05) is 25.0 Å². The maximum Gasteiger partial charge on any atom is 0.294 e. The van der Waals surface area contributed by atoms with Crippen LogP contribution in [-0.4, -0.2) is 29.8 Å². The standard InChI is InChI=1S/C22H25NO3S/c1-17-22(2,3)20-16-19(27(24,25)26)13-14-21(20)23(17)15-9-12-18-10-7-5-4-6-8-11-18/h4-8,10-11,13-14,16H,9,12,15H2,1-3H3/p+1. The van der Waals surface area contributed by atoms with E-state index in [1.54, 1.807) is 12.1 Å². The highest BCUT2D eigenvalue weighted by Gasteiger charge is 2.43. The van der Waals surface area contributed by atoms with Gasteiger partial charge in [0.2, 0.25) is 5.69 Å². The van der Waals surface area contributed by atoms with Crippen molar-refractivity contribution in [2.45, 2.75) is 43.9 Å². The monoisotopic (exact) mass is 384 g/mol. The van der Waals surface area contributed by atoms with Crippen LogP contribution >= 0.6 is 0 Å². The van der Waals surface area contributed by atoms with Gasteiger partial charge >= 0.3 is 0 Å². The molecule has 27 heavy (non-hydrogen) atoms. The van der Waals surface area contributed by atoms with Crippen LogP contribution < -0.4 is 0 Å². The van der Waals surface area contributed by atoms with Crippen molar-refractivity contribution in [3.8, 4) is 0 Å². The largest absolute Gasteiger partial charge is 0.294 e. The fourth-order valence-corrected chi connectivity index (χ4v) is 4.13. The summed E-state index contributed by atoms with van der Waals surface area (Å²) in [5, 5.41) is 0. The molecule has 0 saturated carbocycles. The van der Waals surface area contributed by atoms with E-state index in [0.717, 1.165) is 30.6 Å². The van der Waals surface area contributed by atoms with Gasteiger partial charge in [0.25, 0.3) is 10.1 Å². The molecule has 0 amide bonds. The zero-order chi connectivity index (χ0) is 19.7. The minimum atomic E-state index is -4.20. The predicted octanol–water partition coefficient (Wildman–Crippen LogP) is 4.72. The van der Waals surface area contributed by atoms with Crippen molar-refractivity contribution in [3.05, 3.63) is 71.9 Å². The summed E-state index contributed by atoms with van der Waals surface area (Å²) in [6.45, 7) is 7.13. The van der Waals surface area contributed by atoms with Crippen molar-refractivity contribution in [3.63, 3.8) is 0 Å². The summed E-state index contributed by atoms with van der Waals surface area (Å²) in [6.07, 6.45) is 16.4. The molecule has 142 valence electrons. The molecule has 5 heteroatoms. The normalized spacial score (nSPS) is 18.3. The van der Waals surface area contributed by atoms with Crippen molar-refractivity contribution in [1.29, 1.82) is 0 Å². The molecule has 0 fully saturated rings. The van der Waals surface area contributed by atoms with Crippen LogP contribution in [-0.2, 0) is 15.5 Å². The third-order valence-corrected chi connectivity index (χ3v) is 6.30. The fourth-order valence-electron chi connectivity index (χ4n) is 3.63. The molecule has 1 heterocycles. The van der Waals surface area contributed by atoms with Crippen LogP contribution in [0.3, 0.4) is 0 Å². The van der Waals surface area contributed by atoms with Gasteiger partial charge in [-0.2, -0.15) is 13.0 Å². The summed E-state index contributed by atoms with van der Waals surface area (Å²) in [5.41, 5.74) is 4.16. The number of benzene rings is 1. The van der Waals surface area contributed by atoms with Gasteiger partial charge in [-0.1, -0.05) is 42.5 Å². The summed E-state index contributed by atoms with van der Waals surface area (Å²) in [7, 11) is -4.20. The van der Waals surface area contributed by atoms with E-state index in [1.165, 1.54) is 17.4 Å². The van der Waals surface area contributed by atoms with Gasteiger partial charge in [-0.25, -0.2) is 0 Å². The molecule has 0 spiro atoms. The zero-order valence-corrected chi connectivity index (χ0v) is 16.8. The Balaban J connectivity index is 1.82. The lowest BCUT2D eigenvalue weighted by Gasteiger charge is -2.15. The van der Waals surface area contributed by atoms with Crippen LogP contribution in [0.1, 0.15) is 39.2 Å². The highest BCUT2D eigenvalue weighted by molar-refractivity contribution is 7.85. The SMILES string of the molecule is CC1=[N+](CCCC2=CC=CC=CC=C2)c2ccc(S(=O)(=O)O)cc2C1(C)C. The van der Waals surface area contributed by atoms with Crippen LogP contribution in [0.2, 0.25) is 0 Å². The molecular weight excluding hydrogens is 358 g/mol. The third-order valence-electron chi connectivity index (χ3n) is 5.45. The van der Waals surface area contributed by atoms with Crippen LogP contribution in [0, 0.1) is 0 Å². The molecule has 4 nitrogen and oxygen atoms in total. The lowest BCUT2D eigenvalue weighted by Crippen LogP contribution is -2.26.